The van der Waals surface area contributed by atoms with Gasteiger partial charge in [0.2, 0.25) is 5.91 Å². The summed E-state index contributed by atoms with van der Waals surface area (Å²) in [4.78, 5) is 28.2. The van der Waals surface area contributed by atoms with E-state index in [2.05, 4.69) is 5.32 Å². The first-order valence-corrected chi connectivity index (χ1v) is 8.58. The van der Waals surface area contributed by atoms with Crippen molar-refractivity contribution in [1.29, 1.82) is 0 Å². The van der Waals surface area contributed by atoms with Gasteiger partial charge in [-0.3, -0.25) is 4.79 Å². The number of rotatable bonds is 4. The average Bonchev–Trinajstić information content (AvgIpc) is 2.99. The molecule has 0 bridgehead atoms. The van der Waals surface area contributed by atoms with E-state index in [1.807, 2.05) is 30.3 Å². The van der Waals surface area contributed by atoms with Crippen LogP contribution in [-0.4, -0.2) is 41.4 Å². The molecular formula is C20H22FN3O2. The maximum atomic E-state index is 13.6. The molecule has 26 heavy (non-hydrogen) atoms. The summed E-state index contributed by atoms with van der Waals surface area (Å²) in [5.41, 5.74) is 1.94. The van der Waals surface area contributed by atoms with Crippen molar-refractivity contribution in [2.24, 2.45) is 0 Å². The van der Waals surface area contributed by atoms with Crippen LogP contribution in [0.2, 0.25) is 0 Å². The Labute approximate surface area is 152 Å². The summed E-state index contributed by atoms with van der Waals surface area (Å²) in [6.07, 6.45) is 0.581. The second kappa shape index (κ2) is 7.56. The van der Waals surface area contributed by atoms with Crippen molar-refractivity contribution >= 4 is 17.6 Å². The summed E-state index contributed by atoms with van der Waals surface area (Å²) in [5.74, 6) is -0.446. The molecule has 1 aliphatic rings. The number of likely N-dealkylation sites (N-methyl/N-ethyl adjacent to an activating group) is 1. The van der Waals surface area contributed by atoms with Gasteiger partial charge in [0.05, 0.1) is 0 Å². The Morgan fingerprint density at radius 3 is 2.69 bits per heavy atom. The van der Waals surface area contributed by atoms with Crippen LogP contribution in [0.25, 0.3) is 0 Å². The number of carbonyl (C=O) groups is 2. The minimum Gasteiger partial charge on any atom is -0.336 e. The van der Waals surface area contributed by atoms with Crippen LogP contribution >= 0.6 is 0 Å². The molecule has 1 aliphatic heterocycles. The van der Waals surface area contributed by atoms with E-state index in [1.54, 1.807) is 31.0 Å². The fraction of sp³-hybridized carbons (Fsp3) is 0.300. The van der Waals surface area contributed by atoms with Crippen molar-refractivity contribution in [3.05, 3.63) is 65.5 Å². The summed E-state index contributed by atoms with van der Waals surface area (Å²) >= 11 is 0. The highest BCUT2D eigenvalue weighted by atomic mass is 19.1. The Balaban J connectivity index is 1.62. The molecule has 1 N–H and O–H groups in total. The summed E-state index contributed by atoms with van der Waals surface area (Å²) < 4.78 is 13.6. The molecule has 1 fully saturated rings. The zero-order valence-electron chi connectivity index (χ0n) is 14.9. The Morgan fingerprint density at radius 1 is 1.27 bits per heavy atom. The number of urea groups is 1. The molecule has 0 aliphatic carbocycles. The number of hydrogen-bond acceptors (Lipinski definition) is 2. The van der Waals surface area contributed by atoms with E-state index >= 15 is 0 Å². The molecule has 2 aromatic carbocycles. The van der Waals surface area contributed by atoms with Crippen LogP contribution in [-0.2, 0) is 11.3 Å². The Morgan fingerprint density at radius 2 is 2.00 bits per heavy atom. The molecule has 3 rings (SSSR count). The number of anilines is 1. The van der Waals surface area contributed by atoms with E-state index in [0.29, 0.717) is 30.8 Å². The molecule has 0 aromatic heterocycles. The van der Waals surface area contributed by atoms with Gasteiger partial charge in [0.25, 0.3) is 0 Å². The Bertz CT molecular complexity index is 810. The van der Waals surface area contributed by atoms with Gasteiger partial charge in [-0.25, -0.2) is 9.18 Å². The van der Waals surface area contributed by atoms with Gasteiger partial charge >= 0.3 is 6.03 Å². The van der Waals surface area contributed by atoms with E-state index in [0.717, 1.165) is 5.56 Å². The number of carbonyl (C=O) groups excluding carboxylic acids is 2. The third-order valence-electron chi connectivity index (χ3n) is 4.70. The first-order chi connectivity index (χ1) is 12.5. The lowest BCUT2D eigenvalue weighted by Gasteiger charge is -2.24. The number of amides is 3. The number of aryl methyl sites for hydroxylation is 1. The highest BCUT2D eigenvalue weighted by Gasteiger charge is 2.36. The maximum absolute atomic E-state index is 13.6. The number of nitrogens with one attached hydrogen (secondary N) is 1. The van der Waals surface area contributed by atoms with Gasteiger partial charge in [0.1, 0.15) is 11.9 Å². The zero-order chi connectivity index (χ0) is 18.7. The van der Waals surface area contributed by atoms with Crippen LogP contribution in [0.5, 0.6) is 0 Å². The number of hydrogen-bond donors (Lipinski definition) is 1. The molecule has 3 amide bonds. The molecule has 2 aromatic rings. The fourth-order valence-electron chi connectivity index (χ4n) is 3.07. The predicted molar refractivity (Wildman–Crippen MR) is 98.2 cm³/mol. The summed E-state index contributed by atoms with van der Waals surface area (Å²) in [5, 5.41) is 2.65. The van der Waals surface area contributed by atoms with E-state index in [9.17, 15) is 14.0 Å². The van der Waals surface area contributed by atoms with Crippen LogP contribution < -0.4 is 5.32 Å². The first kappa shape index (κ1) is 17.9. The minimum absolute atomic E-state index is 0.0680. The Hall–Kier alpha value is -2.89. The Kier molecular flexibility index (Phi) is 5.21. The van der Waals surface area contributed by atoms with Crippen LogP contribution in [0.3, 0.4) is 0 Å². The largest absolute Gasteiger partial charge is 0.336 e. The van der Waals surface area contributed by atoms with Crippen molar-refractivity contribution < 1.29 is 14.0 Å². The molecule has 0 saturated carbocycles. The third kappa shape index (κ3) is 3.85. The zero-order valence-corrected chi connectivity index (χ0v) is 14.9. The van der Waals surface area contributed by atoms with Gasteiger partial charge in [-0.15, -0.1) is 0 Å². The third-order valence-corrected chi connectivity index (χ3v) is 4.70. The second-order valence-corrected chi connectivity index (χ2v) is 6.55. The van der Waals surface area contributed by atoms with E-state index < -0.39 is 12.1 Å². The lowest BCUT2D eigenvalue weighted by molar-refractivity contribution is -0.131. The van der Waals surface area contributed by atoms with Crippen molar-refractivity contribution in [3.8, 4) is 0 Å². The number of halogens is 1. The minimum atomic E-state index is -0.506. The lowest BCUT2D eigenvalue weighted by Crippen LogP contribution is -2.44. The second-order valence-electron chi connectivity index (χ2n) is 6.55. The lowest BCUT2D eigenvalue weighted by atomic mass is 10.2. The molecule has 5 nitrogen and oxygen atoms in total. The van der Waals surface area contributed by atoms with Gasteiger partial charge in [0.15, 0.2) is 0 Å². The maximum Gasteiger partial charge on any atom is 0.322 e. The van der Waals surface area contributed by atoms with Crippen LogP contribution in [0.1, 0.15) is 17.5 Å². The highest BCUT2D eigenvalue weighted by molar-refractivity contribution is 5.94. The molecule has 136 valence electrons. The van der Waals surface area contributed by atoms with E-state index in [1.165, 1.54) is 11.0 Å². The quantitative estimate of drug-likeness (QED) is 0.914. The van der Waals surface area contributed by atoms with Gasteiger partial charge in [-0.05, 0) is 36.6 Å². The molecule has 0 radical (unpaired) electrons. The van der Waals surface area contributed by atoms with Crippen LogP contribution in [0.4, 0.5) is 14.9 Å². The van der Waals surface area contributed by atoms with Crippen molar-refractivity contribution in [2.45, 2.75) is 25.9 Å². The van der Waals surface area contributed by atoms with E-state index in [-0.39, 0.29) is 11.7 Å². The average molecular weight is 355 g/mol. The van der Waals surface area contributed by atoms with Crippen molar-refractivity contribution in [2.75, 3.05) is 18.9 Å². The molecule has 6 heteroatoms. The predicted octanol–water partition coefficient (Wildman–Crippen LogP) is 3.40. The number of benzene rings is 2. The van der Waals surface area contributed by atoms with Gasteiger partial charge in [-0.2, -0.15) is 0 Å². The monoisotopic (exact) mass is 355 g/mol. The molecule has 1 saturated heterocycles. The van der Waals surface area contributed by atoms with Crippen molar-refractivity contribution in [3.63, 3.8) is 0 Å². The standard InChI is InChI=1S/C20H22FN3O2/c1-14-8-9-16(12-17(14)21)22-20(26)23(2)18-10-11-24(19(18)25)13-15-6-4-3-5-7-15/h3-9,12,18H,10-11,13H2,1-2H3,(H,22,26)/t18-/m1/s1. The molecular weight excluding hydrogens is 333 g/mol. The smallest absolute Gasteiger partial charge is 0.322 e. The normalized spacial score (nSPS) is 16.7. The van der Waals surface area contributed by atoms with Crippen molar-refractivity contribution in [1.82, 2.24) is 9.80 Å². The van der Waals surface area contributed by atoms with E-state index in [4.69, 9.17) is 0 Å². The number of nitrogens with zero attached hydrogens (tertiary/aromatic N) is 2. The molecule has 0 spiro atoms. The summed E-state index contributed by atoms with van der Waals surface area (Å²) in [6, 6.07) is 13.4. The fourth-order valence-corrected chi connectivity index (χ4v) is 3.07. The topological polar surface area (TPSA) is 52.7 Å². The molecule has 1 atom stereocenters. The summed E-state index contributed by atoms with van der Waals surface area (Å²) in [7, 11) is 1.59. The molecule has 1 heterocycles. The first-order valence-electron chi connectivity index (χ1n) is 8.58. The van der Waals surface area contributed by atoms with Crippen LogP contribution in [0.15, 0.2) is 48.5 Å². The van der Waals surface area contributed by atoms with Gasteiger partial charge in [0, 0.05) is 25.8 Å². The summed E-state index contributed by atoms with van der Waals surface area (Å²) in [6.45, 7) is 2.80. The number of likely N-dealkylation sites (tertiary alicyclic amines) is 1. The van der Waals surface area contributed by atoms with Gasteiger partial charge in [-0.1, -0.05) is 36.4 Å². The van der Waals surface area contributed by atoms with Gasteiger partial charge < -0.3 is 15.1 Å². The molecule has 0 unspecified atom stereocenters. The SMILES string of the molecule is Cc1ccc(NC(=O)N(C)[C@@H]2CCN(Cc3ccccc3)C2=O)cc1F. The highest BCUT2D eigenvalue weighted by Crippen LogP contribution is 2.20. The van der Waals surface area contributed by atoms with Crippen LogP contribution in [0, 0.1) is 12.7 Å².